The van der Waals surface area contributed by atoms with Crippen LogP contribution in [0.1, 0.15) is 23.7 Å². The van der Waals surface area contributed by atoms with Crippen molar-refractivity contribution in [3.8, 4) is 6.07 Å². The van der Waals surface area contributed by atoms with Gasteiger partial charge in [0.25, 0.3) is 0 Å². The van der Waals surface area contributed by atoms with E-state index in [1.807, 2.05) is 24.3 Å². The Morgan fingerprint density at radius 3 is 2.67 bits per heavy atom. The number of nitrogens with one attached hydrogen (secondary N) is 1. The number of nitriles is 1. The van der Waals surface area contributed by atoms with Crippen molar-refractivity contribution in [2.24, 2.45) is 0 Å². The highest BCUT2D eigenvalue weighted by atomic mass is 19.1. The first-order chi connectivity index (χ1) is 10.2. The lowest BCUT2D eigenvalue weighted by Crippen LogP contribution is -2.08. The molecule has 1 aromatic heterocycles. The van der Waals surface area contributed by atoms with E-state index >= 15 is 0 Å². The van der Waals surface area contributed by atoms with Crippen molar-refractivity contribution in [3.05, 3.63) is 65.7 Å². The Hall–Kier alpha value is -2.67. The third-order valence-electron chi connectivity index (χ3n) is 4.24. The minimum Gasteiger partial charge on any atom is -0.341 e. The van der Waals surface area contributed by atoms with Crippen LogP contribution in [0.25, 0.3) is 11.0 Å². The molecular weight excluding hydrogens is 265 g/mol. The summed E-state index contributed by atoms with van der Waals surface area (Å²) in [6.07, 6.45) is 0.717. The first-order valence-electron chi connectivity index (χ1n) is 6.85. The van der Waals surface area contributed by atoms with Crippen LogP contribution in [-0.2, 0) is 5.41 Å². The molecule has 1 saturated carbocycles. The molecular formula is C17H12FN3. The molecule has 0 saturated heterocycles. The van der Waals surface area contributed by atoms with Crippen LogP contribution in [-0.4, -0.2) is 9.97 Å². The molecule has 102 valence electrons. The Kier molecular flexibility index (Phi) is 2.40. The predicted molar refractivity (Wildman–Crippen MR) is 77.1 cm³/mol. The van der Waals surface area contributed by atoms with Crippen LogP contribution in [0.15, 0.2) is 48.5 Å². The van der Waals surface area contributed by atoms with Gasteiger partial charge in [0.1, 0.15) is 17.1 Å². The summed E-state index contributed by atoms with van der Waals surface area (Å²) in [5.41, 5.74) is 2.17. The van der Waals surface area contributed by atoms with E-state index < -0.39 is 5.41 Å². The summed E-state index contributed by atoms with van der Waals surface area (Å²) in [4.78, 5) is 7.81. The van der Waals surface area contributed by atoms with E-state index in [2.05, 4.69) is 16.0 Å². The molecule has 1 N–H and O–H groups in total. The van der Waals surface area contributed by atoms with Crippen molar-refractivity contribution in [2.75, 3.05) is 0 Å². The van der Waals surface area contributed by atoms with Crippen LogP contribution < -0.4 is 0 Å². The third-order valence-corrected chi connectivity index (χ3v) is 4.24. The Bertz CT molecular complexity index is 827. The number of hydrogen-bond donors (Lipinski definition) is 1. The first-order valence-corrected chi connectivity index (χ1v) is 6.85. The summed E-state index contributed by atoms with van der Waals surface area (Å²) in [6, 6.07) is 16.5. The van der Waals surface area contributed by atoms with Gasteiger partial charge in [-0.15, -0.1) is 0 Å². The molecule has 0 radical (unpaired) electrons. The number of hydrogen-bond acceptors (Lipinski definition) is 2. The van der Waals surface area contributed by atoms with E-state index in [-0.39, 0.29) is 11.7 Å². The van der Waals surface area contributed by atoms with Gasteiger partial charge in [-0.1, -0.05) is 24.3 Å². The standard InChI is InChI=1S/C17H12FN3/c18-12-7-5-11(6-8-12)13-9-17(13,10-19)16-20-14-3-1-2-4-15(14)21-16/h1-8,13H,9H2,(H,20,21)/t13-,17+/m1/s1. The van der Waals surface area contributed by atoms with Crippen molar-refractivity contribution in [2.45, 2.75) is 17.8 Å². The molecule has 2 atom stereocenters. The quantitative estimate of drug-likeness (QED) is 0.777. The molecule has 1 heterocycles. The zero-order chi connectivity index (χ0) is 14.4. The second-order valence-corrected chi connectivity index (χ2v) is 5.49. The maximum Gasteiger partial charge on any atom is 0.128 e. The number of halogens is 1. The summed E-state index contributed by atoms with van der Waals surface area (Å²) in [5, 5.41) is 9.64. The van der Waals surface area contributed by atoms with Crippen LogP contribution in [0.2, 0.25) is 0 Å². The van der Waals surface area contributed by atoms with Gasteiger partial charge in [-0.2, -0.15) is 5.26 Å². The van der Waals surface area contributed by atoms with Crippen molar-refractivity contribution in [1.29, 1.82) is 5.26 Å². The minimum absolute atomic E-state index is 0.0728. The molecule has 0 amide bonds. The van der Waals surface area contributed by atoms with Gasteiger partial charge in [-0.05, 0) is 36.2 Å². The van der Waals surface area contributed by atoms with Crippen LogP contribution in [0.5, 0.6) is 0 Å². The fourth-order valence-corrected chi connectivity index (χ4v) is 2.96. The maximum absolute atomic E-state index is 13.0. The minimum atomic E-state index is -0.614. The maximum atomic E-state index is 13.0. The van der Waals surface area contributed by atoms with Gasteiger partial charge in [-0.25, -0.2) is 9.37 Å². The Balaban J connectivity index is 1.76. The lowest BCUT2D eigenvalue weighted by Gasteiger charge is -2.05. The Morgan fingerprint density at radius 1 is 1.19 bits per heavy atom. The predicted octanol–water partition coefficient (Wildman–Crippen LogP) is 3.65. The number of para-hydroxylation sites is 2. The lowest BCUT2D eigenvalue weighted by atomic mass is 10.00. The fourth-order valence-electron chi connectivity index (χ4n) is 2.96. The smallest absolute Gasteiger partial charge is 0.128 e. The van der Waals surface area contributed by atoms with E-state index in [1.165, 1.54) is 12.1 Å². The molecule has 0 bridgehead atoms. The van der Waals surface area contributed by atoms with Crippen molar-refractivity contribution in [1.82, 2.24) is 9.97 Å². The Labute approximate surface area is 121 Å². The first kappa shape index (κ1) is 12.1. The molecule has 4 rings (SSSR count). The summed E-state index contributed by atoms with van der Waals surface area (Å²) in [6.45, 7) is 0. The molecule has 0 aliphatic heterocycles. The number of imidazole rings is 1. The number of H-pyrrole nitrogens is 1. The summed E-state index contributed by atoms with van der Waals surface area (Å²) in [5.74, 6) is 0.523. The number of aromatic nitrogens is 2. The summed E-state index contributed by atoms with van der Waals surface area (Å²) in [7, 11) is 0. The Morgan fingerprint density at radius 2 is 1.95 bits per heavy atom. The molecule has 21 heavy (non-hydrogen) atoms. The molecule has 1 aliphatic rings. The molecule has 4 heteroatoms. The second kappa shape index (κ2) is 4.16. The van der Waals surface area contributed by atoms with Crippen molar-refractivity contribution in [3.63, 3.8) is 0 Å². The second-order valence-electron chi connectivity index (χ2n) is 5.49. The van der Waals surface area contributed by atoms with E-state index in [4.69, 9.17) is 0 Å². The molecule has 2 aromatic carbocycles. The van der Waals surface area contributed by atoms with E-state index in [9.17, 15) is 9.65 Å². The van der Waals surface area contributed by atoms with Gasteiger partial charge in [0, 0.05) is 5.92 Å². The number of fused-ring (bicyclic) bond motifs is 1. The molecule has 0 spiro atoms. The van der Waals surface area contributed by atoms with Gasteiger partial charge >= 0.3 is 0 Å². The zero-order valence-electron chi connectivity index (χ0n) is 11.2. The number of nitrogens with zero attached hydrogens (tertiary/aromatic N) is 2. The fraction of sp³-hybridized carbons (Fsp3) is 0.176. The average Bonchev–Trinajstić information content (AvgIpc) is 3.10. The van der Waals surface area contributed by atoms with E-state index in [1.54, 1.807) is 12.1 Å². The molecule has 0 unspecified atom stereocenters. The zero-order valence-corrected chi connectivity index (χ0v) is 11.2. The lowest BCUT2D eigenvalue weighted by molar-refractivity contribution is 0.626. The van der Waals surface area contributed by atoms with Crippen molar-refractivity contribution < 1.29 is 4.39 Å². The van der Waals surface area contributed by atoms with Gasteiger partial charge in [0.2, 0.25) is 0 Å². The molecule has 1 aliphatic carbocycles. The molecule has 1 fully saturated rings. The third kappa shape index (κ3) is 1.74. The van der Waals surface area contributed by atoms with Crippen molar-refractivity contribution >= 4 is 11.0 Å². The normalized spacial score (nSPS) is 23.9. The highest BCUT2D eigenvalue weighted by molar-refractivity contribution is 5.75. The highest BCUT2D eigenvalue weighted by Gasteiger charge is 2.59. The summed E-state index contributed by atoms with van der Waals surface area (Å²) < 4.78 is 13.0. The van der Waals surface area contributed by atoms with Gasteiger partial charge < -0.3 is 4.98 Å². The largest absolute Gasteiger partial charge is 0.341 e. The number of aromatic amines is 1. The topological polar surface area (TPSA) is 52.5 Å². The van der Waals surface area contributed by atoms with Gasteiger partial charge in [0.05, 0.1) is 17.1 Å². The average molecular weight is 277 g/mol. The summed E-state index contributed by atoms with van der Waals surface area (Å²) >= 11 is 0. The SMILES string of the molecule is N#C[C@@]1(c2nc3ccccc3[nH]2)C[C@@H]1c1ccc(F)cc1. The van der Waals surface area contributed by atoms with Gasteiger partial charge in [0.15, 0.2) is 0 Å². The van der Waals surface area contributed by atoms with E-state index in [0.717, 1.165) is 23.0 Å². The van der Waals surface area contributed by atoms with E-state index in [0.29, 0.717) is 5.82 Å². The van der Waals surface area contributed by atoms with Gasteiger partial charge in [-0.3, -0.25) is 0 Å². The molecule has 3 nitrogen and oxygen atoms in total. The van der Waals surface area contributed by atoms with Crippen LogP contribution in [0.3, 0.4) is 0 Å². The molecule has 3 aromatic rings. The van der Waals surface area contributed by atoms with Crippen LogP contribution in [0.4, 0.5) is 4.39 Å². The highest BCUT2D eigenvalue weighted by Crippen LogP contribution is 2.59. The van der Waals surface area contributed by atoms with Crippen LogP contribution >= 0.6 is 0 Å². The monoisotopic (exact) mass is 277 g/mol. The number of benzene rings is 2. The van der Waals surface area contributed by atoms with Crippen LogP contribution in [0, 0.1) is 17.1 Å². The number of rotatable bonds is 2.